The Kier molecular flexibility index (Phi) is 7.77. The van der Waals surface area contributed by atoms with E-state index in [9.17, 15) is 9.59 Å². The van der Waals surface area contributed by atoms with E-state index in [1.54, 1.807) is 30.2 Å². The van der Waals surface area contributed by atoms with Crippen LogP contribution in [-0.4, -0.2) is 50.2 Å². The van der Waals surface area contributed by atoms with Gasteiger partial charge in [-0.15, -0.1) is 16.4 Å². The number of tetrazole rings is 1. The van der Waals surface area contributed by atoms with Crippen molar-refractivity contribution in [2.75, 3.05) is 12.0 Å². The van der Waals surface area contributed by atoms with Crippen molar-refractivity contribution in [2.45, 2.75) is 50.6 Å². The van der Waals surface area contributed by atoms with Crippen molar-refractivity contribution >= 4 is 39.7 Å². The first kappa shape index (κ1) is 26.7. The van der Waals surface area contributed by atoms with Gasteiger partial charge in [0.1, 0.15) is 23.8 Å². The van der Waals surface area contributed by atoms with Crippen LogP contribution < -0.4 is 15.0 Å². The summed E-state index contributed by atoms with van der Waals surface area (Å²) in [4.78, 5) is 34.1. The average Bonchev–Trinajstić information content (AvgIpc) is 3.79. The summed E-state index contributed by atoms with van der Waals surface area (Å²) in [6.45, 7) is 0. The van der Waals surface area contributed by atoms with E-state index in [2.05, 4.69) is 25.8 Å². The first-order chi connectivity index (χ1) is 20.1. The molecule has 1 saturated carbocycles. The molecule has 1 atom stereocenters. The highest BCUT2D eigenvalue weighted by molar-refractivity contribution is 7.10. The maximum Gasteiger partial charge on any atom is 0.248 e. The van der Waals surface area contributed by atoms with Crippen molar-refractivity contribution < 1.29 is 14.3 Å². The Labute approximate surface area is 241 Å². The fraction of sp³-hybridized carbons (Fsp3) is 0.300. The number of thiophene rings is 1. The SMILES string of the molecule is COc1cc(N(C(=O)Cc2c[nH]c3ccccc23)[C@H](C(=O)NC2CCCCC2)c2cccs2)ccc1-n1cnnn1. The lowest BCUT2D eigenvalue weighted by molar-refractivity contribution is -0.127. The van der Waals surface area contributed by atoms with Gasteiger partial charge in [0.05, 0.1) is 13.5 Å². The van der Waals surface area contributed by atoms with E-state index < -0.39 is 6.04 Å². The molecular formula is C30H31N7O3S. The molecule has 210 valence electrons. The number of rotatable bonds is 9. The molecule has 0 aliphatic heterocycles. The van der Waals surface area contributed by atoms with Crippen LogP contribution in [0.3, 0.4) is 0 Å². The number of aromatic amines is 1. The molecular weight excluding hydrogens is 538 g/mol. The number of para-hydroxylation sites is 1. The minimum Gasteiger partial charge on any atom is -0.494 e. The molecule has 1 fully saturated rings. The minimum absolute atomic E-state index is 0.0982. The standard InChI is InChI=1S/C30H31N7O3S/c1-40-26-17-22(13-14-25(26)36-19-32-34-35-36)37(28(38)16-20-18-31-24-11-6-5-10-23(20)24)29(27-12-7-15-41-27)30(39)33-21-8-3-2-4-9-21/h5-7,10-15,17-19,21,29,31H,2-4,8-9,16H2,1H3,(H,33,39)/t29-/m0/s1. The first-order valence-electron chi connectivity index (χ1n) is 13.7. The van der Waals surface area contributed by atoms with Gasteiger partial charge in [-0.2, -0.15) is 4.68 Å². The zero-order chi connectivity index (χ0) is 28.2. The number of carbonyl (C=O) groups is 2. The number of amides is 2. The summed E-state index contributed by atoms with van der Waals surface area (Å²) in [6.07, 6.45) is 8.71. The third-order valence-corrected chi connectivity index (χ3v) is 8.52. The van der Waals surface area contributed by atoms with Gasteiger partial charge in [0, 0.05) is 39.8 Å². The number of carbonyl (C=O) groups excluding carboxylic acids is 2. The second-order valence-corrected chi connectivity index (χ2v) is 11.2. The predicted octanol–water partition coefficient (Wildman–Crippen LogP) is 4.98. The fourth-order valence-electron chi connectivity index (χ4n) is 5.59. The lowest BCUT2D eigenvalue weighted by Crippen LogP contribution is -2.47. The molecule has 10 nitrogen and oxygen atoms in total. The van der Waals surface area contributed by atoms with Crippen LogP contribution in [0.5, 0.6) is 5.75 Å². The Bertz CT molecular complexity index is 1630. The number of fused-ring (bicyclic) bond motifs is 1. The van der Waals surface area contributed by atoms with Gasteiger partial charge >= 0.3 is 0 Å². The summed E-state index contributed by atoms with van der Waals surface area (Å²) in [5, 5.41) is 17.6. The molecule has 5 aromatic rings. The van der Waals surface area contributed by atoms with Crippen molar-refractivity contribution in [3.05, 3.63) is 82.9 Å². The normalized spacial score (nSPS) is 14.6. The highest BCUT2D eigenvalue weighted by Crippen LogP contribution is 2.36. The molecule has 2 aromatic carbocycles. The lowest BCUT2D eigenvalue weighted by atomic mass is 9.95. The second-order valence-electron chi connectivity index (χ2n) is 10.2. The van der Waals surface area contributed by atoms with E-state index in [0.717, 1.165) is 47.0 Å². The zero-order valence-electron chi connectivity index (χ0n) is 22.7. The van der Waals surface area contributed by atoms with E-state index in [1.807, 2.05) is 48.0 Å². The summed E-state index contributed by atoms with van der Waals surface area (Å²) in [5.74, 6) is 0.0802. The van der Waals surface area contributed by atoms with Crippen LogP contribution in [0.25, 0.3) is 16.6 Å². The van der Waals surface area contributed by atoms with Gasteiger partial charge in [-0.05, 0) is 58.5 Å². The molecule has 2 N–H and O–H groups in total. The number of hydrogen-bond donors (Lipinski definition) is 2. The number of ether oxygens (including phenoxy) is 1. The number of hydrogen-bond acceptors (Lipinski definition) is 7. The van der Waals surface area contributed by atoms with E-state index in [-0.39, 0.29) is 24.3 Å². The van der Waals surface area contributed by atoms with Gasteiger partial charge in [-0.3, -0.25) is 14.5 Å². The summed E-state index contributed by atoms with van der Waals surface area (Å²) in [6, 6.07) is 16.3. The zero-order valence-corrected chi connectivity index (χ0v) is 23.5. The van der Waals surface area contributed by atoms with Gasteiger partial charge in [0.15, 0.2) is 0 Å². The monoisotopic (exact) mass is 569 g/mol. The molecule has 3 aromatic heterocycles. The number of benzene rings is 2. The number of nitrogens with one attached hydrogen (secondary N) is 2. The Morgan fingerprint density at radius 2 is 2.00 bits per heavy atom. The third kappa shape index (κ3) is 5.58. The van der Waals surface area contributed by atoms with Crippen LogP contribution in [0, 0.1) is 0 Å². The molecule has 0 radical (unpaired) electrons. The van der Waals surface area contributed by atoms with Crippen LogP contribution in [0.4, 0.5) is 5.69 Å². The highest BCUT2D eigenvalue weighted by atomic mass is 32.1. The van der Waals surface area contributed by atoms with E-state index >= 15 is 0 Å². The second kappa shape index (κ2) is 11.9. The molecule has 1 aliphatic carbocycles. The molecule has 0 bridgehead atoms. The number of methoxy groups -OCH3 is 1. The Morgan fingerprint density at radius 1 is 1.15 bits per heavy atom. The maximum atomic E-state index is 14.4. The first-order valence-corrected chi connectivity index (χ1v) is 14.6. The van der Waals surface area contributed by atoms with Gasteiger partial charge in [-0.25, -0.2) is 0 Å². The smallest absolute Gasteiger partial charge is 0.248 e. The molecule has 2 amide bonds. The number of anilines is 1. The summed E-state index contributed by atoms with van der Waals surface area (Å²) in [7, 11) is 1.55. The number of aromatic nitrogens is 5. The molecule has 0 spiro atoms. The van der Waals surface area contributed by atoms with Crippen molar-refractivity contribution in [3.8, 4) is 11.4 Å². The molecule has 0 unspecified atom stereocenters. The molecule has 11 heteroatoms. The largest absolute Gasteiger partial charge is 0.494 e. The average molecular weight is 570 g/mol. The van der Waals surface area contributed by atoms with E-state index in [0.29, 0.717) is 17.1 Å². The maximum absolute atomic E-state index is 14.4. The van der Waals surface area contributed by atoms with Crippen molar-refractivity contribution in [2.24, 2.45) is 0 Å². The van der Waals surface area contributed by atoms with Gasteiger partial charge in [-0.1, -0.05) is 43.5 Å². The van der Waals surface area contributed by atoms with Crippen LogP contribution in [0.1, 0.15) is 48.6 Å². The summed E-state index contributed by atoms with van der Waals surface area (Å²) in [5.41, 5.74) is 2.98. The van der Waals surface area contributed by atoms with E-state index in [4.69, 9.17) is 4.74 Å². The van der Waals surface area contributed by atoms with Crippen molar-refractivity contribution in [1.82, 2.24) is 30.5 Å². The summed E-state index contributed by atoms with van der Waals surface area (Å²) >= 11 is 1.46. The quantitative estimate of drug-likeness (QED) is 0.259. The van der Waals surface area contributed by atoms with Crippen LogP contribution in [0.15, 0.2) is 72.5 Å². The minimum atomic E-state index is -0.849. The third-order valence-electron chi connectivity index (χ3n) is 7.59. The van der Waals surface area contributed by atoms with E-state index in [1.165, 1.54) is 28.8 Å². The van der Waals surface area contributed by atoms with Crippen LogP contribution in [-0.2, 0) is 16.0 Å². The molecule has 41 heavy (non-hydrogen) atoms. The topological polar surface area (TPSA) is 118 Å². The molecule has 0 saturated heterocycles. The van der Waals surface area contributed by atoms with Gasteiger partial charge < -0.3 is 15.0 Å². The Morgan fingerprint density at radius 3 is 2.76 bits per heavy atom. The van der Waals surface area contributed by atoms with Crippen LogP contribution in [0.2, 0.25) is 0 Å². The summed E-state index contributed by atoms with van der Waals surface area (Å²) < 4.78 is 7.19. The highest BCUT2D eigenvalue weighted by Gasteiger charge is 2.35. The van der Waals surface area contributed by atoms with Crippen molar-refractivity contribution in [1.29, 1.82) is 0 Å². The van der Waals surface area contributed by atoms with Gasteiger partial charge in [0.2, 0.25) is 11.8 Å². The fourth-order valence-corrected chi connectivity index (χ4v) is 6.40. The van der Waals surface area contributed by atoms with Crippen molar-refractivity contribution in [3.63, 3.8) is 0 Å². The Hall–Kier alpha value is -4.51. The number of nitrogens with zero attached hydrogens (tertiary/aromatic N) is 5. The molecule has 1 aliphatic rings. The predicted molar refractivity (Wildman–Crippen MR) is 157 cm³/mol. The Balaban J connectivity index is 1.42. The molecule has 6 rings (SSSR count). The van der Waals surface area contributed by atoms with Gasteiger partial charge in [0.25, 0.3) is 0 Å². The lowest BCUT2D eigenvalue weighted by Gasteiger charge is -2.33. The number of H-pyrrole nitrogens is 1. The molecule has 3 heterocycles. The van der Waals surface area contributed by atoms with Crippen LogP contribution >= 0.6 is 11.3 Å².